The number of rotatable bonds is 6. The minimum absolute atomic E-state index is 0.0783. The Bertz CT molecular complexity index is 401. The molecule has 0 saturated carbocycles. The maximum Gasteiger partial charge on any atom is 0.240 e. The fourth-order valence-corrected chi connectivity index (χ4v) is 1.74. The molecule has 1 aromatic rings. The highest BCUT2D eigenvalue weighted by atomic mass is 16.3. The van der Waals surface area contributed by atoms with Crippen LogP contribution in [0.2, 0.25) is 0 Å². The Hall–Kier alpha value is -1.81. The number of phenolic OH excluding ortho intramolecular Hbond substituents is 1. The largest absolute Gasteiger partial charge is 0.508 e. The zero-order valence-electron chi connectivity index (χ0n) is 10.7. The van der Waals surface area contributed by atoms with Crippen molar-refractivity contribution in [2.45, 2.75) is 19.4 Å². The van der Waals surface area contributed by atoms with E-state index in [0.29, 0.717) is 19.5 Å². The molecule has 0 aliphatic carbocycles. The summed E-state index contributed by atoms with van der Waals surface area (Å²) in [5, 5.41) is 9.18. The van der Waals surface area contributed by atoms with Crippen LogP contribution in [-0.2, 0) is 11.2 Å². The molecule has 0 unspecified atom stereocenters. The van der Waals surface area contributed by atoms with E-state index in [-0.39, 0.29) is 11.7 Å². The lowest BCUT2D eigenvalue weighted by atomic mass is 10.1. The van der Waals surface area contributed by atoms with E-state index < -0.39 is 6.04 Å². The average molecular weight is 248 g/mol. The van der Waals surface area contributed by atoms with E-state index in [1.165, 1.54) is 0 Å². The molecule has 4 nitrogen and oxygen atoms in total. The second kappa shape index (κ2) is 6.81. The summed E-state index contributed by atoms with van der Waals surface area (Å²) >= 11 is 0. The number of aromatic hydroxyl groups is 1. The highest BCUT2D eigenvalue weighted by Gasteiger charge is 2.19. The van der Waals surface area contributed by atoms with E-state index in [4.69, 9.17) is 5.73 Å². The molecule has 0 aliphatic rings. The summed E-state index contributed by atoms with van der Waals surface area (Å²) in [6.45, 7) is 6.66. The summed E-state index contributed by atoms with van der Waals surface area (Å²) in [6.07, 6.45) is 2.15. The fourth-order valence-electron chi connectivity index (χ4n) is 1.74. The molecule has 1 atom stereocenters. The van der Waals surface area contributed by atoms with E-state index in [1.54, 1.807) is 35.2 Å². The van der Waals surface area contributed by atoms with E-state index in [1.807, 2.05) is 6.92 Å². The van der Waals surface area contributed by atoms with Gasteiger partial charge in [0.05, 0.1) is 6.04 Å². The van der Waals surface area contributed by atoms with Gasteiger partial charge >= 0.3 is 0 Å². The monoisotopic (exact) mass is 248 g/mol. The van der Waals surface area contributed by atoms with Crippen LogP contribution in [-0.4, -0.2) is 35.0 Å². The van der Waals surface area contributed by atoms with Crippen molar-refractivity contribution < 1.29 is 9.90 Å². The third-order valence-corrected chi connectivity index (χ3v) is 2.75. The van der Waals surface area contributed by atoms with Crippen molar-refractivity contribution in [2.75, 3.05) is 13.1 Å². The number of hydrogen-bond acceptors (Lipinski definition) is 3. The van der Waals surface area contributed by atoms with Gasteiger partial charge in [0.15, 0.2) is 0 Å². The minimum Gasteiger partial charge on any atom is -0.508 e. The Balaban J connectivity index is 2.63. The number of amides is 1. The molecule has 4 heteroatoms. The van der Waals surface area contributed by atoms with Crippen LogP contribution in [0.5, 0.6) is 5.75 Å². The van der Waals surface area contributed by atoms with Crippen molar-refractivity contribution in [1.82, 2.24) is 4.90 Å². The summed E-state index contributed by atoms with van der Waals surface area (Å²) in [5.74, 6) is 0.131. The lowest BCUT2D eigenvalue weighted by Crippen LogP contribution is -2.44. The third-order valence-electron chi connectivity index (χ3n) is 2.75. The zero-order chi connectivity index (χ0) is 13.5. The predicted octanol–water partition coefficient (Wildman–Crippen LogP) is 1.30. The number of likely N-dealkylation sites (N-methyl/N-ethyl adjacent to an activating group) is 1. The van der Waals surface area contributed by atoms with Gasteiger partial charge in [0, 0.05) is 13.1 Å². The summed E-state index contributed by atoms with van der Waals surface area (Å²) < 4.78 is 0. The number of benzene rings is 1. The van der Waals surface area contributed by atoms with Crippen LogP contribution in [0.3, 0.4) is 0 Å². The van der Waals surface area contributed by atoms with Gasteiger partial charge in [-0.05, 0) is 31.0 Å². The molecule has 1 amide bonds. The molecule has 1 aromatic carbocycles. The summed E-state index contributed by atoms with van der Waals surface area (Å²) in [6, 6.07) is 6.16. The van der Waals surface area contributed by atoms with E-state index >= 15 is 0 Å². The van der Waals surface area contributed by atoms with E-state index in [0.717, 1.165) is 5.56 Å². The number of nitrogens with two attached hydrogens (primary N) is 1. The summed E-state index contributed by atoms with van der Waals surface area (Å²) in [7, 11) is 0. The van der Waals surface area contributed by atoms with Gasteiger partial charge in [-0.3, -0.25) is 4.79 Å². The molecule has 0 aromatic heterocycles. The molecule has 0 aliphatic heterocycles. The van der Waals surface area contributed by atoms with Crippen molar-refractivity contribution in [3.63, 3.8) is 0 Å². The third kappa shape index (κ3) is 3.89. The number of phenols is 1. The van der Waals surface area contributed by atoms with Gasteiger partial charge in [0.25, 0.3) is 0 Å². The molecule has 18 heavy (non-hydrogen) atoms. The van der Waals surface area contributed by atoms with Gasteiger partial charge in [-0.25, -0.2) is 0 Å². The first-order valence-corrected chi connectivity index (χ1v) is 6.01. The average Bonchev–Trinajstić information content (AvgIpc) is 2.37. The van der Waals surface area contributed by atoms with Gasteiger partial charge in [-0.15, -0.1) is 6.58 Å². The van der Waals surface area contributed by atoms with Gasteiger partial charge in [0.1, 0.15) is 5.75 Å². The summed E-state index contributed by atoms with van der Waals surface area (Å²) in [4.78, 5) is 13.7. The molecule has 0 spiro atoms. The molecule has 0 radical (unpaired) electrons. The second-order valence-corrected chi connectivity index (χ2v) is 4.14. The van der Waals surface area contributed by atoms with E-state index in [2.05, 4.69) is 6.58 Å². The second-order valence-electron chi connectivity index (χ2n) is 4.14. The highest BCUT2D eigenvalue weighted by molar-refractivity contribution is 5.82. The van der Waals surface area contributed by atoms with Gasteiger partial charge in [-0.1, -0.05) is 18.2 Å². The minimum atomic E-state index is -0.561. The van der Waals surface area contributed by atoms with Crippen LogP contribution >= 0.6 is 0 Å². The maximum absolute atomic E-state index is 12.0. The van der Waals surface area contributed by atoms with Crippen molar-refractivity contribution in [3.05, 3.63) is 42.5 Å². The van der Waals surface area contributed by atoms with E-state index in [9.17, 15) is 9.90 Å². The Morgan fingerprint density at radius 2 is 2.11 bits per heavy atom. The van der Waals surface area contributed by atoms with Crippen molar-refractivity contribution in [1.29, 1.82) is 0 Å². The Labute approximate surface area is 108 Å². The Morgan fingerprint density at radius 1 is 1.50 bits per heavy atom. The van der Waals surface area contributed by atoms with Crippen LogP contribution in [0.15, 0.2) is 36.9 Å². The molecule has 98 valence electrons. The van der Waals surface area contributed by atoms with Crippen molar-refractivity contribution in [2.24, 2.45) is 5.73 Å². The Morgan fingerprint density at radius 3 is 2.61 bits per heavy atom. The molecule has 0 bridgehead atoms. The molecular formula is C14H20N2O2. The standard InChI is InChI=1S/C14H20N2O2/c1-3-9-16(4-2)14(18)13(15)10-11-5-7-12(17)8-6-11/h3,5-8,13,17H,1,4,9-10,15H2,2H3/t13-/m1/s1. The Kier molecular flexibility index (Phi) is 5.39. The first-order valence-electron chi connectivity index (χ1n) is 6.01. The van der Waals surface area contributed by atoms with Crippen LogP contribution in [0.25, 0.3) is 0 Å². The number of carbonyl (C=O) groups is 1. The van der Waals surface area contributed by atoms with Crippen LogP contribution < -0.4 is 5.73 Å². The van der Waals surface area contributed by atoms with Crippen LogP contribution in [0, 0.1) is 0 Å². The lowest BCUT2D eigenvalue weighted by Gasteiger charge is -2.23. The highest BCUT2D eigenvalue weighted by Crippen LogP contribution is 2.11. The summed E-state index contributed by atoms with van der Waals surface area (Å²) in [5.41, 5.74) is 6.84. The molecule has 0 saturated heterocycles. The van der Waals surface area contributed by atoms with Gasteiger partial charge < -0.3 is 15.7 Å². The molecular weight excluding hydrogens is 228 g/mol. The van der Waals surface area contributed by atoms with Crippen molar-refractivity contribution in [3.8, 4) is 5.75 Å². The zero-order valence-corrected chi connectivity index (χ0v) is 10.7. The van der Waals surface area contributed by atoms with Crippen molar-refractivity contribution >= 4 is 5.91 Å². The topological polar surface area (TPSA) is 66.6 Å². The van der Waals surface area contributed by atoms with Gasteiger partial charge in [0.2, 0.25) is 5.91 Å². The first-order chi connectivity index (χ1) is 8.58. The fraction of sp³-hybridized carbons (Fsp3) is 0.357. The number of nitrogens with zero attached hydrogens (tertiary/aromatic N) is 1. The lowest BCUT2D eigenvalue weighted by molar-refractivity contribution is -0.131. The number of carbonyl (C=O) groups excluding carboxylic acids is 1. The van der Waals surface area contributed by atoms with Gasteiger partial charge in [-0.2, -0.15) is 0 Å². The molecule has 3 N–H and O–H groups in total. The maximum atomic E-state index is 12.0. The number of hydrogen-bond donors (Lipinski definition) is 2. The van der Waals surface area contributed by atoms with Crippen LogP contribution in [0.4, 0.5) is 0 Å². The quantitative estimate of drug-likeness (QED) is 0.746. The smallest absolute Gasteiger partial charge is 0.240 e. The first kappa shape index (κ1) is 14.3. The molecule has 0 fully saturated rings. The molecule has 0 heterocycles. The normalized spacial score (nSPS) is 11.9. The van der Waals surface area contributed by atoms with Crippen LogP contribution in [0.1, 0.15) is 12.5 Å². The molecule has 1 rings (SSSR count). The predicted molar refractivity (Wildman–Crippen MR) is 72.2 cm³/mol. The SMILES string of the molecule is C=CCN(CC)C(=O)[C@H](N)Cc1ccc(O)cc1.